The van der Waals surface area contributed by atoms with Gasteiger partial charge in [-0.2, -0.15) is 0 Å². The Hall–Kier alpha value is -3.95. The zero-order valence-corrected chi connectivity index (χ0v) is 28.8. The zero-order valence-electron chi connectivity index (χ0n) is 28.8. The summed E-state index contributed by atoms with van der Waals surface area (Å²) in [6, 6.07) is 14.7. The Labute approximate surface area is 277 Å². The summed E-state index contributed by atoms with van der Waals surface area (Å²) in [7, 11) is 0. The Kier molecular flexibility index (Phi) is 9.06. The summed E-state index contributed by atoms with van der Waals surface area (Å²) in [6.45, 7) is 16.0. The van der Waals surface area contributed by atoms with E-state index >= 15 is 0 Å². The number of carboxylic acid groups (broad SMARTS) is 1. The Balaban J connectivity index is 1.53. The molecule has 0 spiro atoms. The van der Waals surface area contributed by atoms with E-state index in [-0.39, 0.29) is 11.7 Å². The minimum atomic E-state index is -1.20. The number of rotatable bonds is 3. The molecule has 6 bridgehead atoms. The number of piperidine rings is 1. The molecule has 2 aromatic carbocycles. The summed E-state index contributed by atoms with van der Waals surface area (Å²) in [5.41, 5.74) is 5.11. The molecule has 1 fully saturated rings. The average molecular weight is 641 g/mol. The fourth-order valence-electron chi connectivity index (χ4n) is 6.74. The molecule has 0 unspecified atom stereocenters. The highest BCUT2D eigenvalue weighted by molar-refractivity contribution is 5.79. The number of aromatic nitrogens is 3. The first kappa shape index (κ1) is 33.0. The van der Waals surface area contributed by atoms with Crippen LogP contribution in [0.2, 0.25) is 0 Å². The molecule has 250 valence electrons. The number of hydrogen-bond acceptors (Lipinski definition) is 7. The van der Waals surface area contributed by atoms with E-state index in [4.69, 9.17) is 24.2 Å². The van der Waals surface area contributed by atoms with Crippen LogP contribution in [-0.4, -0.2) is 62.4 Å². The van der Waals surface area contributed by atoms with Crippen molar-refractivity contribution in [1.82, 2.24) is 14.4 Å². The summed E-state index contributed by atoms with van der Waals surface area (Å²) >= 11 is 0. The van der Waals surface area contributed by atoms with Gasteiger partial charge in [-0.25, -0.2) is 14.8 Å². The second-order valence-corrected chi connectivity index (χ2v) is 14.5. The Morgan fingerprint density at radius 2 is 1.81 bits per heavy atom. The van der Waals surface area contributed by atoms with Crippen LogP contribution in [0.15, 0.2) is 48.7 Å². The number of benzene rings is 2. The monoisotopic (exact) mass is 640 g/mol. The lowest BCUT2D eigenvalue weighted by Gasteiger charge is -2.41. The summed E-state index contributed by atoms with van der Waals surface area (Å²) < 4.78 is 21.3. The van der Waals surface area contributed by atoms with Crippen LogP contribution in [0.4, 0.5) is 5.82 Å². The van der Waals surface area contributed by atoms with Crippen molar-refractivity contribution < 1.29 is 24.1 Å². The zero-order chi connectivity index (χ0) is 33.5. The molecule has 2 atom stereocenters. The number of nitrogens with zero attached hydrogens (tertiary/aromatic N) is 4. The van der Waals surface area contributed by atoms with E-state index in [1.807, 2.05) is 44.4 Å². The molecule has 1 N–H and O–H groups in total. The van der Waals surface area contributed by atoms with Gasteiger partial charge in [-0.15, -0.1) is 0 Å². The average Bonchev–Trinajstić information content (AvgIpc) is 3.43. The Morgan fingerprint density at radius 1 is 1.06 bits per heavy atom. The second kappa shape index (κ2) is 12.9. The molecule has 0 amide bonds. The number of aliphatic carboxylic acids is 1. The third-order valence-electron chi connectivity index (χ3n) is 9.28. The van der Waals surface area contributed by atoms with Gasteiger partial charge in [0.05, 0.1) is 34.3 Å². The molecule has 4 aromatic rings. The van der Waals surface area contributed by atoms with Crippen LogP contribution < -0.4 is 9.64 Å². The van der Waals surface area contributed by atoms with Gasteiger partial charge in [0.25, 0.3) is 0 Å². The Bertz CT molecular complexity index is 1770. The van der Waals surface area contributed by atoms with Crippen molar-refractivity contribution in [3.8, 4) is 28.1 Å². The van der Waals surface area contributed by atoms with Gasteiger partial charge < -0.3 is 24.2 Å². The number of carboxylic acids is 1. The molecule has 3 aliphatic rings. The minimum absolute atomic E-state index is 0.0698. The van der Waals surface area contributed by atoms with Gasteiger partial charge in [0, 0.05) is 37.0 Å². The highest BCUT2D eigenvalue weighted by Crippen LogP contribution is 2.39. The van der Waals surface area contributed by atoms with E-state index in [9.17, 15) is 9.90 Å². The topological polar surface area (TPSA) is 98.4 Å². The number of hydrogen-bond donors (Lipinski definition) is 1. The van der Waals surface area contributed by atoms with Crippen molar-refractivity contribution in [3.05, 3.63) is 65.5 Å². The number of imidazole rings is 1. The first-order valence-corrected chi connectivity index (χ1v) is 16.9. The standard InChI is InChI=1S/C38H48N4O5/c1-24-14-15-29-27-12-10-13-28(22-27)30-23-42-34(32(26(3)39-36(42)40-30)33(35(43)44)47-37(4,5)6)41-18-16-38(7,17-19-41)45-20-9-8-11-25(2)46-31(29)21-24/h10,12-15,21-23,25,33H,8-9,11,16-20H2,1-7H3,(H,43,44)/t25-,33-/m0/s1. The molecule has 0 aliphatic carbocycles. The predicted octanol–water partition coefficient (Wildman–Crippen LogP) is 7.95. The smallest absolute Gasteiger partial charge is 0.337 e. The summed E-state index contributed by atoms with van der Waals surface area (Å²) in [4.78, 5) is 24.9. The molecule has 9 heteroatoms. The quantitative estimate of drug-likeness (QED) is 0.241. The first-order chi connectivity index (χ1) is 22.3. The van der Waals surface area contributed by atoms with Crippen LogP contribution in [0.5, 0.6) is 5.75 Å². The van der Waals surface area contributed by atoms with E-state index in [2.05, 4.69) is 62.1 Å². The summed E-state index contributed by atoms with van der Waals surface area (Å²) in [5.74, 6) is 1.11. The maximum Gasteiger partial charge on any atom is 0.337 e. The fourth-order valence-corrected chi connectivity index (χ4v) is 6.74. The molecule has 5 heterocycles. The van der Waals surface area contributed by atoms with Gasteiger partial charge in [-0.1, -0.05) is 30.3 Å². The molecular weight excluding hydrogens is 592 g/mol. The maximum atomic E-state index is 12.8. The molecule has 3 aliphatic heterocycles. The van der Waals surface area contributed by atoms with Gasteiger partial charge in [0.2, 0.25) is 5.78 Å². The lowest BCUT2D eigenvalue weighted by molar-refractivity contribution is -0.160. The molecule has 1 saturated heterocycles. The molecule has 47 heavy (non-hydrogen) atoms. The van der Waals surface area contributed by atoms with Gasteiger partial charge >= 0.3 is 5.97 Å². The van der Waals surface area contributed by atoms with Gasteiger partial charge in [-0.3, -0.25) is 4.40 Å². The van der Waals surface area contributed by atoms with Crippen molar-refractivity contribution in [2.45, 2.75) is 104 Å². The third kappa shape index (κ3) is 7.16. The third-order valence-corrected chi connectivity index (χ3v) is 9.28. The van der Waals surface area contributed by atoms with Crippen LogP contribution in [-0.2, 0) is 14.3 Å². The van der Waals surface area contributed by atoms with E-state index in [0.29, 0.717) is 36.7 Å². The van der Waals surface area contributed by atoms with Crippen molar-refractivity contribution in [3.63, 3.8) is 0 Å². The first-order valence-electron chi connectivity index (χ1n) is 16.9. The van der Waals surface area contributed by atoms with Gasteiger partial charge in [0.1, 0.15) is 11.6 Å². The molecular formula is C38H48N4O5. The molecule has 2 aromatic heterocycles. The van der Waals surface area contributed by atoms with Crippen LogP contribution >= 0.6 is 0 Å². The van der Waals surface area contributed by atoms with Gasteiger partial charge in [-0.05, 0) is 104 Å². The number of ether oxygens (including phenoxy) is 3. The summed E-state index contributed by atoms with van der Waals surface area (Å²) in [5, 5.41) is 10.5. The fraction of sp³-hybridized carbons (Fsp3) is 0.500. The predicted molar refractivity (Wildman–Crippen MR) is 184 cm³/mol. The number of aryl methyl sites for hydroxylation is 2. The highest BCUT2D eigenvalue weighted by Gasteiger charge is 2.37. The van der Waals surface area contributed by atoms with E-state index in [0.717, 1.165) is 71.6 Å². The molecule has 7 rings (SSSR count). The van der Waals surface area contributed by atoms with Crippen LogP contribution in [0.25, 0.3) is 28.2 Å². The van der Waals surface area contributed by atoms with Crippen molar-refractivity contribution in [2.24, 2.45) is 0 Å². The summed E-state index contributed by atoms with van der Waals surface area (Å²) in [6.07, 6.45) is 5.40. The SMILES string of the molecule is Cc1ccc2c(c1)O[C@@H](C)CCCCOC1(C)CCN(CC1)c1c([C@H](OC(C)(C)C)C(=O)O)c(C)nc3nc(cn13)-c1cccc-2c1. The molecule has 0 saturated carbocycles. The van der Waals surface area contributed by atoms with E-state index in [1.54, 1.807) is 0 Å². The lowest BCUT2D eigenvalue weighted by Crippen LogP contribution is -2.45. The number of carbonyl (C=O) groups is 1. The van der Waals surface area contributed by atoms with Crippen LogP contribution in [0.1, 0.15) is 89.6 Å². The van der Waals surface area contributed by atoms with E-state index in [1.165, 1.54) is 0 Å². The van der Waals surface area contributed by atoms with Gasteiger partial charge in [0.15, 0.2) is 6.10 Å². The van der Waals surface area contributed by atoms with Crippen molar-refractivity contribution in [2.75, 3.05) is 24.6 Å². The van der Waals surface area contributed by atoms with Crippen LogP contribution in [0.3, 0.4) is 0 Å². The second-order valence-electron chi connectivity index (χ2n) is 14.5. The highest BCUT2D eigenvalue weighted by atomic mass is 16.5. The van der Waals surface area contributed by atoms with Crippen LogP contribution in [0, 0.1) is 13.8 Å². The largest absolute Gasteiger partial charge is 0.490 e. The molecule has 9 nitrogen and oxygen atoms in total. The minimum Gasteiger partial charge on any atom is -0.490 e. The maximum absolute atomic E-state index is 12.8. The molecule has 0 radical (unpaired) electrons. The van der Waals surface area contributed by atoms with Crippen molar-refractivity contribution in [1.29, 1.82) is 0 Å². The lowest BCUT2D eigenvalue weighted by atomic mass is 9.92. The van der Waals surface area contributed by atoms with Crippen molar-refractivity contribution >= 4 is 17.6 Å². The Morgan fingerprint density at radius 3 is 2.53 bits per heavy atom. The number of anilines is 1. The normalized spacial score (nSPS) is 21.3. The number of fused-ring (bicyclic) bond motifs is 8. The van der Waals surface area contributed by atoms with E-state index < -0.39 is 17.7 Å².